The van der Waals surface area contributed by atoms with Crippen LogP contribution >= 0.6 is 0 Å². The van der Waals surface area contributed by atoms with Crippen LogP contribution in [0, 0.1) is 50.2 Å². The number of aliphatic hydroxyl groups is 1. The second-order valence-corrected chi connectivity index (χ2v) is 16.8. The van der Waals surface area contributed by atoms with Gasteiger partial charge in [-0.05, 0) is 120 Å². The minimum atomic E-state index is 0.0901. The van der Waals surface area contributed by atoms with Gasteiger partial charge in [0.2, 0.25) is 0 Å². The van der Waals surface area contributed by atoms with E-state index in [2.05, 4.69) is 84.9 Å². The summed E-state index contributed by atoms with van der Waals surface area (Å²) < 4.78 is 6.71. The van der Waals surface area contributed by atoms with Crippen molar-refractivity contribution < 1.29 is 9.84 Å². The van der Waals surface area contributed by atoms with Gasteiger partial charge in [-0.3, -0.25) is 0 Å². The van der Waals surface area contributed by atoms with Crippen LogP contribution in [0.3, 0.4) is 0 Å². The summed E-state index contributed by atoms with van der Waals surface area (Å²) in [5.74, 6) is 2.09. The summed E-state index contributed by atoms with van der Waals surface area (Å²) in [4.78, 5) is 0. The lowest BCUT2D eigenvalue weighted by atomic mass is 9.33. The van der Waals surface area contributed by atoms with Gasteiger partial charge >= 0.3 is 0 Å². The fraction of sp³-hybridized carbons (Fsp3) is 0.784. The van der Waals surface area contributed by atoms with Crippen LogP contribution in [-0.2, 0) is 11.3 Å². The van der Waals surface area contributed by atoms with Gasteiger partial charge < -0.3 is 9.84 Å². The third-order valence-corrected chi connectivity index (χ3v) is 14.5. The third kappa shape index (κ3) is 4.00. The summed E-state index contributed by atoms with van der Waals surface area (Å²) in [6, 6.07) is 10.7. The largest absolute Gasteiger partial charge is 0.396 e. The van der Waals surface area contributed by atoms with Crippen LogP contribution < -0.4 is 0 Å². The highest BCUT2D eigenvalue weighted by molar-refractivity contribution is 5.33. The van der Waals surface area contributed by atoms with Crippen molar-refractivity contribution in [2.24, 2.45) is 50.2 Å². The lowest BCUT2D eigenvalue weighted by Gasteiger charge is -2.71. The molecule has 0 unspecified atom stereocenters. The highest BCUT2D eigenvalue weighted by atomic mass is 16.5. The average Bonchev–Trinajstić information content (AvgIpc) is 2.90. The Morgan fingerprint density at radius 2 is 1.54 bits per heavy atom. The van der Waals surface area contributed by atoms with Crippen molar-refractivity contribution >= 4 is 0 Å². The molecule has 0 aromatic heterocycles. The molecule has 6 rings (SSSR count). The predicted molar refractivity (Wildman–Crippen MR) is 161 cm³/mol. The average molecular weight is 533 g/mol. The van der Waals surface area contributed by atoms with Gasteiger partial charge in [-0.15, -0.1) is 0 Å². The number of benzene rings is 1. The zero-order valence-corrected chi connectivity index (χ0v) is 26.1. The molecule has 0 amide bonds. The third-order valence-electron chi connectivity index (χ3n) is 14.5. The van der Waals surface area contributed by atoms with Crippen molar-refractivity contribution in [3.05, 3.63) is 47.5 Å². The second-order valence-electron chi connectivity index (χ2n) is 16.8. The Morgan fingerprint density at radius 1 is 0.821 bits per heavy atom. The minimum absolute atomic E-state index is 0.0901. The van der Waals surface area contributed by atoms with Gasteiger partial charge in [0.25, 0.3) is 0 Å². The van der Waals surface area contributed by atoms with Crippen LogP contribution in [0.2, 0.25) is 0 Å². The van der Waals surface area contributed by atoms with Gasteiger partial charge in [0.05, 0.1) is 12.7 Å². The van der Waals surface area contributed by atoms with Crippen LogP contribution in [0.25, 0.3) is 0 Å². The van der Waals surface area contributed by atoms with E-state index in [1.807, 2.05) is 0 Å². The highest BCUT2D eigenvalue weighted by Crippen LogP contribution is 2.75. The molecule has 0 heterocycles. The molecule has 2 heteroatoms. The van der Waals surface area contributed by atoms with Crippen LogP contribution in [0.5, 0.6) is 0 Å². The number of hydrogen-bond donors (Lipinski definition) is 1. The Labute approximate surface area is 239 Å². The number of aliphatic hydroxyl groups excluding tert-OH is 1. The SMILES string of the molecule is CC1(C)[C@@H](OCc2ccccc2)CC[C@]2(C)[C@H]3CC=C4[C@@H]5C[C@@](C)(CO)CC[C@]5(C)CC[C@@]4(C)[C@]3(C)CC[C@@H]12. The molecule has 4 fully saturated rings. The molecule has 1 aromatic rings. The zero-order valence-electron chi connectivity index (χ0n) is 26.1. The van der Waals surface area contributed by atoms with Crippen molar-refractivity contribution in [3.63, 3.8) is 0 Å². The maximum absolute atomic E-state index is 10.3. The summed E-state index contributed by atoms with van der Waals surface area (Å²) >= 11 is 0. The lowest BCUT2D eigenvalue weighted by molar-refractivity contribution is -0.213. The van der Waals surface area contributed by atoms with Crippen molar-refractivity contribution in [2.45, 2.75) is 125 Å². The first-order chi connectivity index (χ1) is 18.3. The molecule has 0 aliphatic heterocycles. The van der Waals surface area contributed by atoms with Crippen molar-refractivity contribution in [1.82, 2.24) is 0 Å². The van der Waals surface area contributed by atoms with Crippen LogP contribution in [-0.4, -0.2) is 17.8 Å². The predicted octanol–water partition coefficient (Wildman–Crippen LogP) is 9.37. The van der Waals surface area contributed by atoms with E-state index in [9.17, 15) is 5.11 Å². The Balaban J connectivity index is 1.29. The van der Waals surface area contributed by atoms with Crippen LogP contribution in [0.1, 0.15) is 118 Å². The quantitative estimate of drug-likeness (QED) is 0.391. The number of rotatable bonds is 4. The van der Waals surface area contributed by atoms with Gasteiger partial charge in [-0.25, -0.2) is 0 Å². The summed E-state index contributed by atoms with van der Waals surface area (Å²) in [6.45, 7) is 19.1. The monoisotopic (exact) mass is 532 g/mol. The Hall–Kier alpha value is -1.12. The Kier molecular flexibility index (Phi) is 6.60. The molecule has 9 atom stereocenters. The normalized spacial score (nSPS) is 48.7. The summed E-state index contributed by atoms with van der Waals surface area (Å²) in [7, 11) is 0. The number of hydrogen-bond acceptors (Lipinski definition) is 2. The minimum Gasteiger partial charge on any atom is -0.396 e. The van der Waals surface area contributed by atoms with E-state index in [0.29, 0.717) is 40.8 Å². The summed E-state index contributed by atoms with van der Waals surface area (Å²) in [6.07, 6.45) is 15.9. The maximum Gasteiger partial charge on any atom is 0.0720 e. The molecule has 4 saturated carbocycles. The van der Waals surface area contributed by atoms with Gasteiger partial charge in [0.15, 0.2) is 0 Å². The first kappa shape index (κ1) is 28.0. The molecule has 0 radical (unpaired) electrons. The van der Waals surface area contributed by atoms with E-state index in [0.717, 1.165) is 12.5 Å². The van der Waals surface area contributed by atoms with E-state index in [4.69, 9.17) is 4.74 Å². The van der Waals surface area contributed by atoms with Gasteiger partial charge in [0, 0.05) is 6.61 Å². The number of ether oxygens (including phenoxy) is 1. The molecule has 39 heavy (non-hydrogen) atoms. The fourth-order valence-electron chi connectivity index (χ4n) is 11.6. The fourth-order valence-corrected chi connectivity index (χ4v) is 11.6. The van der Waals surface area contributed by atoms with Crippen molar-refractivity contribution in [1.29, 1.82) is 0 Å². The van der Waals surface area contributed by atoms with Gasteiger partial charge in [-0.1, -0.05) is 90.4 Å². The number of allylic oxidation sites excluding steroid dienone is 2. The molecule has 2 nitrogen and oxygen atoms in total. The molecule has 216 valence electrons. The van der Waals surface area contributed by atoms with E-state index in [1.165, 1.54) is 69.8 Å². The first-order valence-corrected chi connectivity index (χ1v) is 16.3. The molecular weight excluding hydrogens is 476 g/mol. The zero-order chi connectivity index (χ0) is 27.9. The van der Waals surface area contributed by atoms with Gasteiger partial charge in [-0.2, -0.15) is 0 Å². The molecule has 1 N–H and O–H groups in total. The summed E-state index contributed by atoms with van der Waals surface area (Å²) in [5, 5.41) is 10.3. The van der Waals surface area contributed by atoms with Crippen molar-refractivity contribution in [2.75, 3.05) is 6.61 Å². The number of fused-ring (bicyclic) bond motifs is 7. The molecular formula is C37H56O2. The topological polar surface area (TPSA) is 29.5 Å². The molecule has 5 aliphatic carbocycles. The first-order valence-electron chi connectivity index (χ1n) is 16.3. The van der Waals surface area contributed by atoms with Crippen LogP contribution in [0.15, 0.2) is 42.0 Å². The molecule has 0 bridgehead atoms. The molecule has 1 aromatic carbocycles. The maximum atomic E-state index is 10.3. The molecule has 5 aliphatic rings. The van der Waals surface area contributed by atoms with E-state index < -0.39 is 0 Å². The standard InChI is InChI=1S/C37H56O2/c1-32(2)29-15-18-37(7)30(35(29,5)17-16-31(32)39-24-26-11-9-8-10-12-26)14-13-27-28-23-33(3,25-38)19-20-34(28,4)21-22-36(27,37)6/h8-13,28-31,38H,14-25H2,1-7H3/t28-,29-,30+,31-,33-,34+,35-,36+,37+/m0/s1. The Morgan fingerprint density at radius 3 is 2.26 bits per heavy atom. The van der Waals surface area contributed by atoms with Crippen LogP contribution in [0.4, 0.5) is 0 Å². The van der Waals surface area contributed by atoms with Crippen molar-refractivity contribution in [3.8, 4) is 0 Å². The highest BCUT2D eigenvalue weighted by Gasteiger charge is 2.68. The summed E-state index contributed by atoms with van der Waals surface area (Å²) in [5.41, 5.74) is 4.78. The smallest absolute Gasteiger partial charge is 0.0720 e. The van der Waals surface area contributed by atoms with E-state index >= 15 is 0 Å². The Bertz CT molecular complexity index is 1110. The molecule has 0 saturated heterocycles. The van der Waals surface area contributed by atoms with E-state index in [-0.39, 0.29) is 16.2 Å². The van der Waals surface area contributed by atoms with E-state index in [1.54, 1.807) is 5.57 Å². The molecule has 0 spiro atoms. The lowest BCUT2D eigenvalue weighted by Crippen LogP contribution is -2.64. The second kappa shape index (κ2) is 9.19. The van der Waals surface area contributed by atoms with Gasteiger partial charge in [0.1, 0.15) is 0 Å².